The van der Waals surface area contributed by atoms with E-state index in [1.165, 1.54) is 40.3 Å². The highest BCUT2D eigenvalue weighted by Gasteiger charge is 2.35. The Morgan fingerprint density at radius 2 is 1.79 bits per heavy atom. The van der Waals surface area contributed by atoms with Gasteiger partial charge in [-0.3, -0.25) is 0 Å². The molecule has 5 nitrogen and oxygen atoms in total. The topological polar surface area (TPSA) is 57.0 Å². The van der Waals surface area contributed by atoms with E-state index in [4.69, 9.17) is 4.74 Å². The fraction of sp³-hybridized carbons (Fsp3) is 0.0800. The van der Waals surface area contributed by atoms with Crippen molar-refractivity contribution in [2.24, 2.45) is 0 Å². The van der Waals surface area contributed by atoms with Gasteiger partial charge in [0, 0.05) is 11.1 Å². The lowest BCUT2D eigenvalue weighted by atomic mass is 10.2. The summed E-state index contributed by atoms with van der Waals surface area (Å²) in [6, 6.07) is 19.6. The summed E-state index contributed by atoms with van der Waals surface area (Å²) in [5, 5.41) is 6.39. The summed E-state index contributed by atoms with van der Waals surface area (Å²) in [6.45, 7) is 1.85. The number of rotatable bonds is 4. The second-order valence-electron chi connectivity index (χ2n) is 7.52. The van der Waals surface area contributed by atoms with Crippen molar-refractivity contribution in [3.05, 3.63) is 95.1 Å². The first-order valence-corrected chi connectivity index (χ1v) is 11.1. The average molecular weight is 479 g/mol. The van der Waals surface area contributed by atoms with E-state index in [0.29, 0.717) is 27.5 Å². The van der Waals surface area contributed by atoms with Crippen molar-refractivity contribution in [1.29, 1.82) is 0 Å². The molecule has 0 fully saturated rings. The Balaban J connectivity index is 1.45. The number of ether oxygens (including phenoxy) is 1. The maximum atomic E-state index is 13.3. The molecule has 0 aliphatic heterocycles. The first kappa shape index (κ1) is 21.8. The molecule has 0 bridgehead atoms. The van der Waals surface area contributed by atoms with Gasteiger partial charge in [-0.15, -0.1) is 11.3 Å². The van der Waals surface area contributed by atoms with Crippen LogP contribution in [0.3, 0.4) is 0 Å². The number of thiophene rings is 1. The standard InChI is InChI=1S/C25H16F3N3O2S/c1-15-7-8-16-4-2-5-20(23(16)29-15)33-24(32)17-9-11-18(12-10-17)31-19(21-6-3-13-34-21)14-22(30-31)25(26,27)28/h2-14H,1H3. The molecule has 0 N–H and O–H groups in total. The number of halogens is 3. The second kappa shape index (κ2) is 8.42. The predicted molar refractivity (Wildman–Crippen MR) is 123 cm³/mol. The molecule has 3 aromatic heterocycles. The van der Waals surface area contributed by atoms with Crippen LogP contribution in [0.2, 0.25) is 0 Å². The third-order valence-corrected chi connectivity index (χ3v) is 6.04. The van der Waals surface area contributed by atoms with E-state index in [9.17, 15) is 18.0 Å². The molecule has 0 aliphatic rings. The number of carbonyl (C=O) groups excluding carboxylic acids is 1. The summed E-state index contributed by atoms with van der Waals surface area (Å²) in [6.07, 6.45) is -4.58. The van der Waals surface area contributed by atoms with Crippen LogP contribution >= 0.6 is 11.3 Å². The molecule has 0 saturated heterocycles. The third kappa shape index (κ3) is 4.17. The minimum absolute atomic E-state index is 0.245. The molecule has 0 amide bonds. The number of pyridine rings is 1. The Labute approximate surface area is 196 Å². The fourth-order valence-electron chi connectivity index (χ4n) is 3.51. The van der Waals surface area contributed by atoms with E-state index in [0.717, 1.165) is 17.1 Å². The summed E-state index contributed by atoms with van der Waals surface area (Å²) >= 11 is 1.31. The van der Waals surface area contributed by atoms with Crippen LogP contribution in [0.25, 0.3) is 27.2 Å². The highest BCUT2D eigenvalue weighted by molar-refractivity contribution is 7.13. The lowest BCUT2D eigenvalue weighted by Gasteiger charge is -2.09. The van der Waals surface area contributed by atoms with Gasteiger partial charge in [0.15, 0.2) is 11.4 Å². The molecule has 0 radical (unpaired) electrons. The molecule has 0 spiro atoms. The quantitative estimate of drug-likeness (QED) is 0.213. The van der Waals surface area contributed by atoms with Crippen LogP contribution in [0, 0.1) is 6.92 Å². The highest BCUT2D eigenvalue weighted by Crippen LogP contribution is 2.35. The first-order chi connectivity index (χ1) is 16.3. The molecule has 5 rings (SSSR count). The van der Waals surface area contributed by atoms with Crippen LogP contribution in [0.1, 0.15) is 21.7 Å². The van der Waals surface area contributed by atoms with Crippen LogP contribution in [0.15, 0.2) is 78.2 Å². The van der Waals surface area contributed by atoms with Gasteiger partial charge in [0.1, 0.15) is 5.52 Å². The van der Waals surface area contributed by atoms with Crippen LogP contribution in [0.5, 0.6) is 5.75 Å². The van der Waals surface area contributed by atoms with Gasteiger partial charge in [-0.1, -0.05) is 24.3 Å². The van der Waals surface area contributed by atoms with E-state index in [2.05, 4.69) is 10.1 Å². The number of carbonyl (C=O) groups is 1. The molecular weight excluding hydrogens is 463 g/mol. The van der Waals surface area contributed by atoms with Crippen molar-refractivity contribution in [3.63, 3.8) is 0 Å². The van der Waals surface area contributed by atoms with Crippen molar-refractivity contribution in [2.45, 2.75) is 13.1 Å². The SMILES string of the molecule is Cc1ccc2cccc(OC(=O)c3ccc(-n4nc(C(F)(F)F)cc4-c4cccs4)cc3)c2n1. The van der Waals surface area contributed by atoms with Crippen molar-refractivity contribution < 1.29 is 22.7 Å². The average Bonchev–Trinajstić information content (AvgIpc) is 3.49. The summed E-state index contributed by atoms with van der Waals surface area (Å²) in [7, 11) is 0. The van der Waals surface area contributed by atoms with Gasteiger partial charge >= 0.3 is 12.1 Å². The zero-order valence-corrected chi connectivity index (χ0v) is 18.5. The Morgan fingerprint density at radius 1 is 1.00 bits per heavy atom. The van der Waals surface area contributed by atoms with E-state index < -0.39 is 17.8 Å². The largest absolute Gasteiger partial charge is 0.435 e. The van der Waals surface area contributed by atoms with Crippen LogP contribution < -0.4 is 4.74 Å². The van der Waals surface area contributed by atoms with Gasteiger partial charge in [-0.05, 0) is 60.8 Å². The van der Waals surface area contributed by atoms with Gasteiger partial charge in [-0.25, -0.2) is 14.5 Å². The van der Waals surface area contributed by atoms with E-state index >= 15 is 0 Å². The zero-order chi connectivity index (χ0) is 23.9. The summed E-state index contributed by atoms with van der Waals surface area (Å²) in [5.41, 5.74) is 1.32. The molecule has 5 aromatic rings. The Kier molecular flexibility index (Phi) is 5.41. The maximum absolute atomic E-state index is 13.3. The van der Waals surface area contributed by atoms with Crippen LogP contribution in [-0.2, 0) is 6.18 Å². The number of benzene rings is 2. The smallest absolute Gasteiger partial charge is 0.421 e. The van der Waals surface area contributed by atoms with Gasteiger partial charge in [0.05, 0.1) is 21.8 Å². The number of fused-ring (bicyclic) bond motifs is 1. The van der Waals surface area contributed by atoms with Crippen molar-refractivity contribution in [2.75, 3.05) is 0 Å². The lowest BCUT2D eigenvalue weighted by Crippen LogP contribution is -2.10. The fourth-order valence-corrected chi connectivity index (χ4v) is 4.24. The minimum atomic E-state index is -4.58. The van der Waals surface area contributed by atoms with Crippen LogP contribution in [0.4, 0.5) is 13.2 Å². The van der Waals surface area contributed by atoms with Crippen molar-refractivity contribution in [3.8, 4) is 22.0 Å². The van der Waals surface area contributed by atoms with Crippen LogP contribution in [-0.4, -0.2) is 20.7 Å². The molecule has 170 valence electrons. The van der Waals surface area contributed by atoms with E-state index in [1.54, 1.807) is 29.6 Å². The molecule has 0 aliphatic carbocycles. The number of alkyl halides is 3. The normalized spacial score (nSPS) is 11.6. The van der Waals surface area contributed by atoms with Gasteiger partial charge in [0.2, 0.25) is 0 Å². The summed E-state index contributed by atoms with van der Waals surface area (Å²) in [4.78, 5) is 17.9. The molecule has 0 unspecified atom stereocenters. The Morgan fingerprint density at radius 3 is 2.50 bits per heavy atom. The predicted octanol–water partition coefficient (Wildman–Crippen LogP) is 6.70. The van der Waals surface area contributed by atoms with E-state index in [-0.39, 0.29) is 5.56 Å². The monoisotopic (exact) mass is 479 g/mol. The number of nitrogens with zero attached hydrogens (tertiary/aromatic N) is 3. The minimum Gasteiger partial charge on any atom is -0.421 e. The third-order valence-electron chi connectivity index (χ3n) is 5.15. The summed E-state index contributed by atoms with van der Waals surface area (Å²) < 4.78 is 46.7. The Bertz CT molecular complexity index is 1490. The maximum Gasteiger partial charge on any atom is 0.435 e. The van der Waals surface area contributed by atoms with Crippen molar-refractivity contribution >= 4 is 28.2 Å². The molecule has 0 saturated carbocycles. The zero-order valence-electron chi connectivity index (χ0n) is 17.7. The Hall–Kier alpha value is -3.98. The lowest BCUT2D eigenvalue weighted by molar-refractivity contribution is -0.141. The molecular formula is C25H16F3N3O2S. The molecule has 34 heavy (non-hydrogen) atoms. The molecule has 2 aromatic carbocycles. The second-order valence-corrected chi connectivity index (χ2v) is 8.47. The summed E-state index contributed by atoms with van der Waals surface area (Å²) in [5.74, 6) is -0.269. The van der Waals surface area contributed by atoms with Gasteiger partial charge < -0.3 is 4.74 Å². The van der Waals surface area contributed by atoms with E-state index in [1.807, 2.05) is 25.1 Å². The number of aromatic nitrogens is 3. The van der Waals surface area contributed by atoms with Crippen molar-refractivity contribution in [1.82, 2.24) is 14.8 Å². The molecule has 9 heteroatoms. The molecule has 3 heterocycles. The molecule has 0 atom stereocenters. The van der Waals surface area contributed by atoms with Gasteiger partial charge in [0.25, 0.3) is 0 Å². The number of para-hydroxylation sites is 1. The highest BCUT2D eigenvalue weighted by atomic mass is 32.1. The number of hydrogen-bond donors (Lipinski definition) is 0. The number of aryl methyl sites for hydroxylation is 1. The first-order valence-electron chi connectivity index (χ1n) is 10.2. The number of hydrogen-bond acceptors (Lipinski definition) is 5. The number of esters is 1. The van der Waals surface area contributed by atoms with Gasteiger partial charge in [-0.2, -0.15) is 18.3 Å².